The monoisotopic (exact) mass is 331 g/mol. The van der Waals surface area contributed by atoms with Crippen LogP contribution in [0.3, 0.4) is 0 Å². The van der Waals surface area contributed by atoms with Crippen LogP contribution in [0.25, 0.3) is 10.1 Å². The van der Waals surface area contributed by atoms with Crippen molar-refractivity contribution in [2.24, 2.45) is 5.92 Å². The first-order chi connectivity index (χ1) is 11.0. The second-order valence-electron chi connectivity index (χ2n) is 6.66. The molecule has 5 heteroatoms. The molecule has 0 unspecified atom stereocenters. The summed E-state index contributed by atoms with van der Waals surface area (Å²) in [5.74, 6) is 0.591. The van der Waals surface area contributed by atoms with Crippen LogP contribution in [-0.2, 0) is 0 Å². The molecule has 2 heterocycles. The van der Waals surface area contributed by atoms with E-state index in [1.807, 2.05) is 11.9 Å². The van der Waals surface area contributed by atoms with Crippen LogP contribution >= 0.6 is 11.3 Å². The van der Waals surface area contributed by atoms with Crippen LogP contribution in [0, 0.1) is 5.92 Å². The van der Waals surface area contributed by atoms with Gasteiger partial charge in [-0.1, -0.05) is 18.2 Å². The number of nitrogens with one attached hydrogen (secondary N) is 1. The third kappa shape index (κ3) is 3.67. The maximum atomic E-state index is 12.5. The van der Waals surface area contributed by atoms with Crippen LogP contribution in [0.2, 0.25) is 0 Å². The smallest absolute Gasteiger partial charge is 0.317 e. The van der Waals surface area contributed by atoms with Crippen molar-refractivity contribution in [1.29, 1.82) is 0 Å². The van der Waals surface area contributed by atoms with Crippen molar-refractivity contribution < 1.29 is 4.79 Å². The van der Waals surface area contributed by atoms with Crippen molar-refractivity contribution >= 4 is 27.5 Å². The number of rotatable bonds is 4. The molecule has 1 saturated heterocycles. The number of hydrogen-bond donors (Lipinski definition) is 1. The molecule has 0 aliphatic carbocycles. The minimum absolute atomic E-state index is 0.0161. The Morgan fingerprint density at radius 2 is 2.26 bits per heavy atom. The molecule has 0 bridgehead atoms. The van der Waals surface area contributed by atoms with E-state index in [9.17, 15) is 4.79 Å². The minimum atomic E-state index is 0.0161. The number of nitrogens with zero attached hydrogens (tertiary/aromatic N) is 2. The molecule has 2 amide bonds. The third-order valence-corrected chi connectivity index (χ3v) is 5.67. The number of amides is 2. The van der Waals surface area contributed by atoms with Gasteiger partial charge < -0.3 is 15.1 Å². The van der Waals surface area contributed by atoms with Gasteiger partial charge in [0.2, 0.25) is 0 Å². The van der Waals surface area contributed by atoms with Gasteiger partial charge in [0.15, 0.2) is 0 Å². The van der Waals surface area contributed by atoms with Crippen LogP contribution in [-0.4, -0.2) is 49.6 Å². The largest absolute Gasteiger partial charge is 0.331 e. The molecular weight excluding hydrogens is 306 g/mol. The predicted molar refractivity (Wildman–Crippen MR) is 97.0 cm³/mol. The van der Waals surface area contributed by atoms with Gasteiger partial charge in [0.1, 0.15) is 0 Å². The second kappa shape index (κ2) is 6.89. The fourth-order valence-corrected chi connectivity index (χ4v) is 4.41. The molecule has 0 saturated carbocycles. The standard InChI is InChI=1S/C18H25N3OS/c1-13(16-12-23-17-7-5-4-6-15(16)17)19-18(22)21(3)11-14-8-9-20(2)10-14/h4-7,12-14H,8-11H2,1-3H3,(H,19,22)/t13-,14-/m0/s1. The van der Waals surface area contributed by atoms with Crippen LogP contribution in [0.15, 0.2) is 29.6 Å². The Balaban J connectivity index is 1.60. The Kier molecular flexibility index (Phi) is 4.87. The Labute approximate surface area is 142 Å². The lowest BCUT2D eigenvalue weighted by molar-refractivity contribution is 0.197. The van der Waals surface area contributed by atoms with Gasteiger partial charge in [-0.15, -0.1) is 11.3 Å². The first-order valence-electron chi connectivity index (χ1n) is 8.21. The van der Waals surface area contributed by atoms with Crippen molar-refractivity contribution in [2.75, 3.05) is 33.7 Å². The molecule has 3 rings (SSSR count). The first-order valence-corrected chi connectivity index (χ1v) is 9.09. The highest BCUT2D eigenvalue weighted by molar-refractivity contribution is 7.17. The summed E-state index contributed by atoms with van der Waals surface area (Å²) in [5.41, 5.74) is 1.20. The number of urea groups is 1. The van der Waals surface area contributed by atoms with Crippen molar-refractivity contribution in [3.8, 4) is 0 Å². The topological polar surface area (TPSA) is 35.6 Å². The number of thiophene rings is 1. The summed E-state index contributed by atoms with van der Waals surface area (Å²) in [4.78, 5) is 16.6. The predicted octanol–water partition coefficient (Wildman–Crippen LogP) is 3.56. The highest BCUT2D eigenvalue weighted by Gasteiger charge is 2.23. The quantitative estimate of drug-likeness (QED) is 0.930. The maximum Gasteiger partial charge on any atom is 0.317 e. The zero-order chi connectivity index (χ0) is 16.4. The van der Waals surface area contributed by atoms with Gasteiger partial charge in [0, 0.05) is 24.8 Å². The van der Waals surface area contributed by atoms with Crippen molar-refractivity contribution in [1.82, 2.24) is 15.1 Å². The SMILES string of the molecule is C[C@H](NC(=O)N(C)C[C@H]1CCN(C)C1)c1csc2ccccc12. The number of benzene rings is 1. The van der Waals surface area contributed by atoms with Gasteiger partial charge in [-0.3, -0.25) is 0 Å². The molecular formula is C18H25N3OS. The molecule has 23 heavy (non-hydrogen) atoms. The number of carbonyl (C=O) groups excluding carboxylic acids is 1. The second-order valence-corrected chi connectivity index (χ2v) is 7.57. The highest BCUT2D eigenvalue weighted by Crippen LogP contribution is 2.30. The van der Waals surface area contributed by atoms with E-state index in [2.05, 4.69) is 53.8 Å². The molecule has 1 aliphatic heterocycles. The van der Waals surface area contributed by atoms with E-state index in [1.165, 1.54) is 22.1 Å². The summed E-state index contributed by atoms with van der Waals surface area (Å²) in [5, 5.41) is 6.53. The van der Waals surface area contributed by atoms with Crippen molar-refractivity contribution in [3.63, 3.8) is 0 Å². The van der Waals surface area contributed by atoms with E-state index >= 15 is 0 Å². The lowest BCUT2D eigenvalue weighted by atomic mass is 10.1. The van der Waals surface area contributed by atoms with E-state index < -0.39 is 0 Å². The van der Waals surface area contributed by atoms with E-state index in [0.717, 1.165) is 19.6 Å². The molecule has 2 atom stereocenters. The van der Waals surface area contributed by atoms with E-state index in [4.69, 9.17) is 0 Å². The van der Waals surface area contributed by atoms with Gasteiger partial charge in [-0.2, -0.15) is 0 Å². The van der Waals surface area contributed by atoms with Gasteiger partial charge in [0.05, 0.1) is 6.04 Å². The summed E-state index contributed by atoms with van der Waals surface area (Å²) in [6.45, 7) is 5.11. The molecule has 1 N–H and O–H groups in total. The average Bonchev–Trinajstić information content (AvgIpc) is 3.13. The molecule has 1 fully saturated rings. The lowest BCUT2D eigenvalue weighted by Crippen LogP contribution is -2.41. The molecule has 4 nitrogen and oxygen atoms in total. The van der Waals surface area contributed by atoms with Crippen LogP contribution < -0.4 is 5.32 Å². The van der Waals surface area contributed by atoms with Gasteiger partial charge >= 0.3 is 6.03 Å². The Morgan fingerprint density at radius 3 is 3.00 bits per heavy atom. The Hall–Kier alpha value is -1.59. The van der Waals surface area contributed by atoms with E-state index in [1.54, 1.807) is 11.3 Å². The van der Waals surface area contributed by atoms with Crippen LogP contribution in [0.4, 0.5) is 4.79 Å². The van der Waals surface area contributed by atoms with Crippen LogP contribution in [0.5, 0.6) is 0 Å². The number of carbonyl (C=O) groups is 1. The normalized spacial score (nSPS) is 19.9. The number of likely N-dealkylation sites (tertiary alicyclic amines) is 1. The van der Waals surface area contributed by atoms with Gasteiger partial charge in [-0.05, 0) is 55.3 Å². The van der Waals surface area contributed by atoms with Crippen molar-refractivity contribution in [2.45, 2.75) is 19.4 Å². The summed E-state index contributed by atoms with van der Waals surface area (Å²) in [6.07, 6.45) is 1.18. The lowest BCUT2D eigenvalue weighted by Gasteiger charge is -2.24. The zero-order valence-corrected chi connectivity index (χ0v) is 14.9. The summed E-state index contributed by atoms with van der Waals surface area (Å²) < 4.78 is 1.27. The fourth-order valence-electron chi connectivity index (χ4n) is 3.35. The maximum absolute atomic E-state index is 12.5. The Morgan fingerprint density at radius 1 is 1.48 bits per heavy atom. The van der Waals surface area contributed by atoms with Gasteiger partial charge in [-0.25, -0.2) is 4.79 Å². The zero-order valence-electron chi connectivity index (χ0n) is 14.1. The van der Waals surface area contributed by atoms with E-state index in [-0.39, 0.29) is 12.1 Å². The average molecular weight is 331 g/mol. The molecule has 124 valence electrons. The fraction of sp³-hybridized carbons (Fsp3) is 0.500. The molecule has 0 radical (unpaired) electrons. The summed E-state index contributed by atoms with van der Waals surface area (Å²) in [6, 6.07) is 8.39. The summed E-state index contributed by atoms with van der Waals surface area (Å²) in [7, 11) is 4.04. The van der Waals surface area contributed by atoms with Gasteiger partial charge in [0.25, 0.3) is 0 Å². The van der Waals surface area contributed by atoms with Crippen LogP contribution in [0.1, 0.15) is 24.9 Å². The van der Waals surface area contributed by atoms with Crippen molar-refractivity contribution in [3.05, 3.63) is 35.2 Å². The highest BCUT2D eigenvalue weighted by atomic mass is 32.1. The minimum Gasteiger partial charge on any atom is -0.331 e. The molecule has 0 spiro atoms. The molecule has 2 aromatic rings. The third-order valence-electron chi connectivity index (χ3n) is 4.69. The van der Waals surface area contributed by atoms with E-state index in [0.29, 0.717) is 5.92 Å². The molecule has 1 aliphatic rings. The number of hydrogen-bond acceptors (Lipinski definition) is 3. The number of fused-ring (bicyclic) bond motifs is 1. The Bertz CT molecular complexity index is 684. The molecule has 1 aromatic carbocycles. The molecule has 1 aromatic heterocycles. The first kappa shape index (κ1) is 16.3. The summed E-state index contributed by atoms with van der Waals surface area (Å²) >= 11 is 1.73.